The van der Waals surface area contributed by atoms with E-state index in [0.717, 1.165) is 16.7 Å². The first-order valence-corrected chi connectivity index (χ1v) is 15.5. The van der Waals surface area contributed by atoms with Crippen molar-refractivity contribution < 1.29 is 26.4 Å². The zero-order valence-electron chi connectivity index (χ0n) is 23.7. The summed E-state index contributed by atoms with van der Waals surface area (Å²) in [7, 11) is -1.96. The Morgan fingerprint density at radius 3 is 2.50 bits per heavy atom. The van der Waals surface area contributed by atoms with Crippen molar-refractivity contribution in [2.24, 2.45) is 7.05 Å². The molecule has 1 aliphatic rings. The largest absolute Gasteiger partial charge is 0.389 e. The first-order chi connectivity index (χ1) is 21.0. The maximum absolute atomic E-state index is 12.9. The van der Waals surface area contributed by atoms with E-state index in [0.29, 0.717) is 42.8 Å². The predicted molar refractivity (Wildman–Crippen MR) is 154 cm³/mol. The van der Waals surface area contributed by atoms with Crippen molar-refractivity contribution in [1.82, 2.24) is 38.5 Å². The summed E-state index contributed by atoms with van der Waals surface area (Å²) >= 11 is 0. The van der Waals surface area contributed by atoms with Gasteiger partial charge in [-0.15, -0.1) is 0 Å². The predicted octanol–water partition coefficient (Wildman–Crippen LogP) is 4.47. The van der Waals surface area contributed by atoms with Crippen LogP contribution in [0.25, 0.3) is 28.0 Å². The summed E-state index contributed by atoms with van der Waals surface area (Å²) in [4.78, 5) is 16.6. The number of Topliss-reactive ketones (excluding diaryl/α,β-unsaturated/α-hetero) is 1. The van der Waals surface area contributed by atoms with Crippen molar-refractivity contribution in [1.29, 1.82) is 0 Å². The van der Waals surface area contributed by atoms with E-state index in [1.54, 1.807) is 54.5 Å². The Kier molecular flexibility index (Phi) is 7.84. The van der Waals surface area contributed by atoms with Gasteiger partial charge in [-0.2, -0.15) is 32.8 Å². The van der Waals surface area contributed by atoms with Crippen LogP contribution in [0.2, 0.25) is 0 Å². The minimum atomic E-state index is -4.36. The van der Waals surface area contributed by atoms with E-state index in [1.807, 2.05) is 23.0 Å². The molecule has 0 radical (unpaired) electrons. The van der Waals surface area contributed by atoms with Crippen LogP contribution in [0.15, 0.2) is 72.4 Å². The number of ketones is 1. The number of fused-ring (bicyclic) bond motifs is 1. The van der Waals surface area contributed by atoms with E-state index in [2.05, 4.69) is 20.3 Å². The van der Waals surface area contributed by atoms with Crippen LogP contribution in [0.4, 0.5) is 13.2 Å². The molecule has 11 nitrogen and oxygen atoms in total. The van der Waals surface area contributed by atoms with Crippen molar-refractivity contribution in [2.75, 3.05) is 13.1 Å². The number of hydrogen-bond donors (Lipinski definition) is 0. The number of aromatic nitrogens is 7. The highest BCUT2D eigenvalue weighted by molar-refractivity contribution is 7.89. The molecule has 44 heavy (non-hydrogen) atoms. The average Bonchev–Trinajstić information content (AvgIpc) is 3.76. The lowest BCUT2D eigenvalue weighted by Crippen LogP contribution is -2.39. The van der Waals surface area contributed by atoms with E-state index in [1.165, 1.54) is 15.1 Å². The lowest BCUT2D eigenvalue weighted by Gasteiger charge is -2.30. The van der Waals surface area contributed by atoms with Crippen molar-refractivity contribution in [3.63, 3.8) is 0 Å². The summed E-state index contributed by atoms with van der Waals surface area (Å²) in [5, 5.41) is 13.2. The van der Waals surface area contributed by atoms with E-state index in [-0.39, 0.29) is 17.5 Å². The van der Waals surface area contributed by atoms with Gasteiger partial charge in [0.1, 0.15) is 5.78 Å². The first kappa shape index (κ1) is 29.7. The molecular formula is C29H29F3N8O3S. The summed E-state index contributed by atoms with van der Waals surface area (Å²) in [6.07, 6.45) is 3.75. The molecule has 1 fully saturated rings. The number of hydrogen-bond acceptors (Lipinski definition) is 7. The summed E-state index contributed by atoms with van der Waals surface area (Å²) < 4.78 is 69.7. The fourth-order valence-corrected chi connectivity index (χ4v) is 6.79. The number of halogens is 3. The number of nitrogens with zero attached hydrogens (tertiary/aromatic N) is 8. The molecule has 15 heteroatoms. The van der Waals surface area contributed by atoms with Crippen molar-refractivity contribution in [3.8, 4) is 22.4 Å². The molecule has 0 N–H and O–H groups in total. The topological polar surface area (TPSA) is 120 Å². The molecule has 6 rings (SSSR count). The Labute approximate surface area is 251 Å². The Hall–Kier alpha value is -4.37. The van der Waals surface area contributed by atoms with Gasteiger partial charge in [-0.25, -0.2) is 17.9 Å². The molecule has 0 bridgehead atoms. The number of benzene rings is 1. The lowest BCUT2D eigenvalue weighted by molar-refractivity contribution is -0.143. The lowest BCUT2D eigenvalue weighted by atomic mass is 10.0. The summed E-state index contributed by atoms with van der Waals surface area (Å²) in [5.41, 5.74) is 4.27. The van der Waals surface area contributed by atoms with Crippen molar-refractivity contribution in [3.05, 3.63) is 72.9 Å². The molecule has 0 saturated carbocycles. The van der Waals surface area contributed by atoms with Gasteiger partial charge in [0.05, 0.1) is 36.7 Å². The van der Waals surface area contributed by atoms with Gasteiger partial charge in [-0.3, -0.25) is 14.2 Å². The maximum atomic E-state index is 12.9. The molecule has 0 unspecified atom stereocenters. The van der Waals surface area contributed by atoms with E-state index >= 15 is 0 Å². The van der Waals surface area contributed by atoms with E-state index in [9.17, 15) is 26.4 Å². The third-order valence-electron chi connectivity index (χ3n) is 7.70. The molecule has 5 aromatic rings. The van der Waals surface area contributed by atoms with Crippen LogP contribution in [0, 0.1) is 0 Å². The zero-order chi connectivity index (χ0) is 31.1. The quantitative estimate of drug-likeness (QED) is 0.237. The van der Waals surface area contributed by atoms with Gasteiger partial charge < -0.3 is 0 Å². The fourth-order valence-electron chi connectivity index (χ4n) is 5.37. The number of alkyl halides is 3. The van der Waals surface area contributed by atoms with Gasteiger partial charge in [0.15, 0.2) is 10.7 Å². The van der Waals surface area contributed by atoms with Crippen LogP contribution in [-0.4, -0.2) is 71.9 Å². The third-order valence-corrected chi connectivity index (χ3v) is 9.49. The van der Waals surface area contributed by atoms with Crippen LogP contribution < -0.4 is 0 Å². The van der Waals surface area contributed by atoms with Crippen LogP contribution in [0.3, 0.4) is 0 Å². The highest BCUT2D eigenvalue weighted by atomic mass is 32.2. The van der Waals surface area contributed by atoms with Crippen molar-refractivity contribution in [2.45, 2.75) is 49.3 Å². The number of carbonyl (C=O) groups excluding carboxylic acids is 1. The van der Waals surface area contributed by atoms with Crippen molar-refractivity contribution >= 4 is 21.5 Å². The van der Waals surface area contributed by atoms with Gasteiger partial charge in [-0.05, 0) is 36.6 Å². The molecule has 0 atom stereocenters. The van der Waals surface area contributed by atoms with E-state index in [4.69, 9.17) is 0 Å². The minimum Gasteiger partial charge on any atom is -0.299 e. The molecule has 0 spiro atoms. The Bertz CT molecular complexity index is 1920. The minimum absolute atomic E-state index is 0.0428. The Morgan fingerprint density at radius 1 is 1.00 bits per heavy atom. The zero-order valence-corrected chi connectivity index (χ0v) is 24.5. The highest BCUT2D eigenvalue weighted by Gasteiger charge is 2.32. The number of carbonyl (C=O) groups is 1. The smallest absolute Gasteiger partial charge is 0.299 e. The second-order valence-electron chi connectivity index (χ2n) is 10.9. The maximum Gasteiger partial charge on any atom is 0.389 e. The average molecular weight is 627 g/mol. The number of rotatable bonds is 9. The SMILES string of the molecule is Cn1ccc(S(=O)(=O)N2CCC(n3cc(-c4cnn5c(-c6cccc(CC(=O)CCC(F)(F)F)c6)cnc5c4)cn3)CC2)n1. The summed E-state index contributed by atoms with van der Waals surface area (Å²) in [6, 6.07) is 10.5. The molecule has 1 saturated heterocycles. The third kappa shape index (κ3) is 6.28. The van der Waals surface area contributed by atoms with Crippen LogP contribution >= 0.6 is 0 Å². The molecule has 0 aliphatic carbocycles. The molecule has 230 valence electrons. The van der Waals surface area contributed by atoms with Crippen LogP contribution in [-0.2, 0) is 28.3 Å². The first-order valence-electron chi connectivity index (χ1n) is 14.0. The second kappa shape index (κ2) is 11.6. The molecule has 5 heterocycles. The summed E-state index contributed by atoms with van der Waals surface area (Å²) in [6.45, 7) is 0.734. The van der Waals surface area contributed by atoms with Gasteiger partial charge in [-0.1, -0.05) is 18.2 Å². The molecular weight excluding hydrogens is 597 g/mol. The number of piperidine rings is 1. The molecule has 1 aliphatic heterocycles. The van der Waals surface area contributed by atoms with Gasteiger partial charge >= 0.3 is 6.18 Å². The van der Waals surface area contributed by atoms with E-state index < -0.39 is 34.8 Å². The number of sulfonamides is 1. The Morgan fingerprint density at radius 2 is 1.77 bits per heavy atom. The fraction of sp³-hybridized carbons (Fsp3) is 0.345. The summed E-state index contributed by atoms with van der Waals surface area (Å²) in [5.74, 6) is -0.471. The standard InChI is InChI=1S/C29H29F3N8O3S/c1-37-10-8-28(36-37)44(42,43)38-11-6-24(7-12-38)39-19-23(17-34-39)22-15-27-33-18-26(40(27)35-16-22)21-4-2-3-20(13-21)14-25(41)5-9-29(30,31)32/h2-4,8,10,13,15-19,24H,5-7,9,11-12,14H2,1H3. The monoisotopic (exact) mass is 626 g/mol. The molecule has 1 aromatic carbocycles. The number of imidazole rings is 1. The Balaban J connectivity index is 1.13. The molecule has 0 amide bonds. The highest BCUT2D eigenvalue weighted by Crippen LogP contribution is 2.29. The van der Waals surface area contributed by atoms with Gasteiger partial charge in [0, 0.05) is 62.1 Å². The van der Waals surface area contributed by atoms with Gasteiger partial charge in [0.25, 0.3) is 10.0 Å². The van der Waals surface area contributed by atoms with Gasteiger partial charge in [0.2, 0.25) is 0 Å². The normalized spacial score (nSPS) is 15.3. The van der Waals surface area contributed by atoms with Crippen LogP contribution in [0.5, 0.6) is 0 Å². The second-order valence-corrected chi connectivity index (χ2v) is 12.7. The molecule has 4 aromatic heterocycles. The van der Waals surface area contributed by atoms with Crippen LogP contribution in [0.1, 0.15) is 37.3 Å². The number of aryl methyl sites for hydroxylation is 1.